The minimum Gasteiger partial charge on any atom is -0.382 e. The summed E-state index contributed by atoms with van der Waals surface area (Å²) in [7, 11) is 0. The van der Waals surface area contributed by atoms with E-state index in [4.69, 9.17) is 5.73 Å². The monoisotopic (exact) mass is 383 g/mol. The molecule has 1 aliphatic rings. The molecule has 6 nitrogen and oxygen atoms in total. The number of nitrogens with two attached hydrogens (primary N) is 1. The van der Waals surface area contributed by atoms with Crippen LogP contribution in [0.5, 0.6) is 0 Å². The van der Waals surface area contributed by atoms with E-state index in [0.29, 0.717) is 12.4 Å². The van der Waals surface area contributed by atoms with Crippen LogP contribution in [0.3, 0.4) is 0 Å². The summed E-state index contributed by atoms with van der Waals surface area (Å²) in [5.74, 6) is 1.62. The zero-order valence-corrected chi connectivity index (χ0v) is 12.9. The van der Waals surface area contributed by atoms with Crippen LogP contribution < -0.4 is 5.73 Å². The normalized spacial score (nSPS) is 18.6. The number of aromatic nitrogens is 3. The van der Waals surface area contributed by atoms with Crippen LogP contribution in [0.25, 0.3) is 5.52 Å². The van der Waals surface area contributed by atoms with Crippen LogP contribution in [0.1, 0.15) is 18.2 Å². The quantitative estimate of drug-likeness (QED) is 0.629. The fraction of sp³-hybridized carbons (Fsp3) is 0.308. The van der Waals surface area contributed by atoms with Gasteiger partial charge in [0, 0.05) is 31.4 Å². The fourth-order valence-corrected chi connectivity index (χ4v) is 3.41. The zero-order chi connectivity index (χ0) is 14.3. The predicted molar refractivity (Wildman–Crippen MR) is 84.3 cm³/mol. The Balaban J connectivity index is 1.98. The molecule has 3 rings (SSSR count). The number of imidazole rings is 1. The lowest BCUT2D eigenvalue weighted by atomic mass is 10.1. The second-order valence-corrected chi connectivity index (χ2v) is 5.79. The van der Waals surface area contributed by atoms with Gasteiger partial charge in [0.25, 0.3) is 0 Å². The highest BCUT2D eigenvalue weighted by atomic mass is 127. The lowest BCUT2D eigenvalue weighted by Gasteiger charge is -2.13. The Morgan fingerprint density at radius 2 is 2.40 bits per heavy atom. The van der Waals surface area contributed by atoms with Crippen LogP contribution in [-0.4, -0.2) is 38.3 Å². The molecule has 2 N–H and O–H groups in total. The van der Waals surface area contributed by atoms with Crippen LogP contribution in [-0.2, 0) is 4.79 Å². The van der Waals surface area contributed by atoms with E-state index >= 15 is 0 Å². The average molecular weight is 383 g/mol. The largest absolute Gasteiger partial charge is 0.382 e. The Kier molecular flexibility index (Phi) is 3.36. The number of carbonyl (C=O) groups is 1. The van der Waals surface area contributed by atoms with Crippen molar-refractivity contribution in [2.45, 2.75) is 12.3 Å². The van der Waals surface area contributed by atoms with Gasteiger partial charge >= 0.3 is 0 Å². The van der Waals surface area contributed by atoms with Crippen molar-refractivity contribution >= 4 is 39.8 Å². The predicted octanol–water partition coefficient (Wildman–Crippen LogP) is 1.42. The number of anilines is 1. The number of carbonyl (C=O) groups excluding carboxylic acids is 1. The van der Waals surface area contributed by atoms with E-state index in [1.54, 1.807) is 11.1 Å². The first-order valence-corrected chi connectivity index (χ1v) is 7.39. The lowest BCUT2D eigenvalue weighted by molar-refractivity contribution is -0.125. The van der Waals surface area contributed by atoms with Gasteiger partial charge in [0.15, 0.2) is 5.82 Å². The van der Waals surface area contributed by atoms with E-state index in [0.717, 1.165) is 28.0 Å². The summed E-state index contributed by atoms with van der Waals surface area (Å²) in [6.45, 7) is 4.94. The number of hydrogen-bond acceptors (Lipinski definition) is 4. The first-order valence-electron chi connectivity index (χ1n) is 6.31. The topological polar surface area (TPSA) is 76.5 Å². The van der Waals surface area contributed by atoms with Crippen molar-refractivity contribution in [1.29, 1.82) is 0 Å². The Morgan fingerprint density at radius 3 is 3.15 bits per heavy atom. The molecule has 1 atom stereocenters. The summed E-state index contributed by atoms with van der Waals surface area (Å²) >= 11 is 2.17. The van der Waals surface area contributed by atoms with Gasteiger partial charge in [0.2, 0.25) is 5.91 Å². The first kappa shape index (κ1) is 13.3. The molecular formula is C13H14IN5O. The van der Waals surface area contributed by atoms with Crippen molar-refractivity contribution in [3.63, 3.8) is 0 Å². The molecule has 7 heteroatoms. The number of halogens is 1. The molecule has 0 radical (unpaired) electrons. The SMILES string of the molecule is C=CC(=O)N1CC[C@H](c2nc(I)c3c(N)nccn23)C1. The van der Waals surface area contributed by atoms with Crippen molar-refractivity contribution < 1.29 is 4.79 Å². The molecule has 0 aromatic carbocycles. The summed E-state index contributed by atoms with van der Waals surface area (Å²) in [4.78, 5) is 22.2. The molecular weight excluding hydrogens is 369 g/mol. The van der Waals surface area contributed by atoms with Gasteiger partial charge in [-0.15, -0.1) is 0 Å². The zero-order valence-electron chi connectivity index (χ0n) is 10.8. The Morgan fingerprint density at radius 1 is 1.60 bits per heavy atom. The van der Waals surface area contributed by atoms with Gasteiger partial charge in [-0.25, -0.2) is 9.97 Å². The molecule has 2 aromatic heterocycles. The van der Waals surface area contributed by atoms with Gasteiger partial charge in [-0.3, -0.25) is 9.20 Å². The van der Waals surface area contributed by atoms with Crippen molar-refractivity contribution in [3.8, 4) is 0 Å². The van der Waals surface area contributed by atoms with E-state index in [9.17, 15) is 4.79 Å². The molecule has 20 heavy (non-hydrogen) atoms. The van der Waals surface area contributed by atoms with Crippen molar-refractivity contribution in [3.05, 3.63) is 34.6 Å². The van der Waals surface area contributed by atoms with Gasteiger partial charge in [0.1, 0.15) is 15.0 Å². The van der Waals surface area contributed by atoms with Gasteiger partial charge in [0.05, 0.1) is 0 Å². The van der Waals surface area contributed by atoms with Gasteiger partial charge in [-0.1, -0.05) is 6.58 Å². The first-order chi connectivity index (χ1) is 9.61. The van der Waals surface area contributed by atoms with Crippen LogP contribution in [0.4, 0.5) is 5.82 Å². The molecule has 1 amide bonds. The molecule has 2 aromatic rings. The summed E-state index contributed by atoms with van der Waals surface area (Å²) in [6.07, 6.45) is 5.80. The lowest BCUT2D eigenvalue weighted by Crippen LogP contribution is -2.26. The molecule has 0 saturated carbocycles. The molecule has 0 aliphatic carbocycles. The fourth-order valence-electron chi connectivity index (χ4n) is 2.63. The molecule has 0 bridgehead atoms. The number of nitrogens with zero attached hydrogens (tertiary/aromatic N) is 4. The van der Waals surface area contributed by atoms with E-state index in [2.05, 4.69) is 39.1 Å². The van der Waals surface area contributed by atoms with Crippen LogP contribution in [0.15, 0.2) is 25.0 Å². The molecule has 1 aliphatic heterocycles. The van der Waals surface area contributed by atoms with Crippen molar-refractivity contribution in [2.75, 3.05) is 18.8 Å². The van der Waals surface area contributed by atoms with Crippen LogP contribution in [0, 0.1) is 3.70 Å². The molecule has 3 heterocycles. The molecule has 1 saturated heterocycles. The third-order valence-electron chi connectivity index (χ3n) is 3.61. The summed E-state index contributed by atoms with van der Waals surface area (Å²) in [5, 5.41) is 0. The molecule has 104 valence electrons. The molecule has 1 fully saturated rings. The number of likely N-dealkylation sites (tertiary alicyclic amines) is 1. The van der Waals surface area contributed by atoms with Gasteiger partial charge in [-0.2, -0.15) is 0 Å². The summed E-state index contributed by atoms with van der Waals surface area (Å²) in [5.41, 5.74) is 6.76. The van der Waals surface area contributed by atoms with Crippen molar-refractivity contribution in [2.24, 2.45) is 0 Å². The maximum Gasteiger partial charge on any atom is 0.245 e. The number of rotatable bonds is 2. The highest BCUT2D eigenvalue weighted by molar-refractivity contribution is 14.1. The minimum absolute atomic E-state index is 0.0239. The summed E-state index contributed by atoms with van der Waals surface area (Å²) in [6, 6.07) is 0. The Bertz CT molecular complexity index is 695. The molecule has 0 spiro atoms. The number of nitrogen functional groups attached to an aromatic ring is 1. The third kappa shape index (κ3) is 2.05. The smallest absolute Gasteiger partial charge is 0.245 e. The maximum absolute atomic E-state index is 11.7. The standard InChI is InChI=1S/C13H14IN5O/c1-2-9(20)18-5-3-8(7-18)13-17-11(14)10-12(15)16-4-6-19(10)13/h2,4,6,8H,1,3,5,7H2,(H2,15,16)/t8-/m0/s1. The van der Waals surface area contributed by atoms with E-state index in [1.165, 1.54) is 6.08 Å². The minimum atomic E-state index is -0.0239. The maximum atomic E-state index is 11.7. The second-order valence-electron chi connectivity index (χ2n) is 4.77. The third-order valence-corrected chi connectivity index (χ3v) is 4.36. The van der Waals surface area contributed by atoms with E-state index in [1.807, 2.05) is 10.6 Å². The number of fused-ring (bicyclic) bond motifs is 1. The number of hydrogen-bond donors (Lipinski definition) is 1. The van der Waals surface area contributed by atoms with Crippen LogP contribution >= 0.6 is 22.6 Å². The highest BCUT2D eigenvalue weighted by Crippen LogP contribution is 2.30. The van der Waals surface area contributed by atoms with E-state index in [-0.39, 0.29) is 11.8 Å². The Labute approximate surface area is 129 Å². The van der Waals surface area contributed by atoms with Crippen LogP contribution in [0.2, 0.25) is 0 Å². The Hall–Kier alpha value is -1.64. The van der Waals surface area contributed by atoms with Gasteiger partial charge < -0.3 is 10.6 Å². The van der Waals surface area contributed by atoms with E-state index < -0.39 is 0 Å². The number of amides is 1. The van der Waals surface area contributed by atoms with Crippen molar-refractivity contribution in [1.82, 2.24) is 19.3 Å². The second kappa shape index (κ2) is 5.04. The molecule has 0 unspecified atom stereocenters. The highest BCUT2D eigenvalue weighted by Gasteiger charge is 2.29. The summed E-state index contributed by atoms with van der Waals surface area (Å²) < 4.78 is 2.83. The van der Waals surface area contributed by atoms with Gasteiger partial charge in [-0.05, 0) is 35.1 Å². The average Bonchev–Trinajstić information content (AvgIpc) is 3.04.